The second kappa shape index (κ2) is 6.89. The Bertz CT molecular complexity index is 412. The summed E-state index contributed by atoms with van der Waals surface area (Å²) < 4.78 is 0. The summed E-state index contributed by atoms with van der Waals surface area (Å²) in [5, 5.41) is 3.43. The van der Waals surface area contributed by atoms with Crippen LogP contribution in [0.2, 0.25) is 5.28 Å². The van der Waals surface area contributed by atoms with Crippen LogP contribution in [0.1, 0.15) is 39.5 Å². The minimum atomic E-state index is 0.266. The standard InChI is InChI=1S/C13H22ClN5/c1-3-5-10-6-8-19(9-10)13-17-11(14)16-12(18-13)15-7-4-2/h10H,3-9H2,1-2H3,(H,15,16,17,18). The number of nitrogens with one attached hydrogen (secondary N) is 1. The molecule has 1 aliphatic heterocycles. The first kappa shape index (κ1) is 14.3. The van der Waals surface area contributed by atoms with Gasteiger partial charge in [0, 0.05) is 19.6 Å². The normalized spacial score (nSPS) is 18.9. The number of nitrogens with zero attached hydrogens (tertiary/aromatic N) is 4. The van der Waals surface area contributed by atoms with E-state index in [2.05, 4.69) is 39.0 Å². The number of hydrogen-bond acceptors (Lipinski definition) is 5. The molecule has 1 aromatic heterocycles. The zero-order valence-corrected chi connectivity index (χ0v) is 12.4. The van der Waals surface area contributed by atoms with Gasteiger partial charge in [0.1, 0.15) is 0 Å². The van der Waals surface area contributed by atoms with Gasteiger partial charge in [-0.25, -0.2) is 0 Å². The van der Waals surface area contributed by atoms with Crippen molar-refractivity contribution in [2.45, 2.75) is 39.5 Å². The SMILES string of the molecule is CCCNc1nc(Cl)nc(N2CCC(CCC)C2)n1. The van der Waals surface area contributed by atoms with Gasteiger partial charge in [0.15, 0.2) is 0 Å². The maximum absolute atomic E-state index is 5.98. The summed E-state index contributed by atoms with van der Waals surface area (Å²) >= 11 is 5.98. The molecule has 1 atom stereocenters. The fourth-order valence-corrected chi connectivity index (χ4v) is 2.61. The van der Waals surface area contributed by atoms with Crippen molar-refractivity contribution in [3.05, 3.63) is 5.28 Å². The van der Waals surface area contributed by atoms with Crippen LogP contribution in [0.4, 0.5) is 11.9 Å². The molecule has 0 radical (unpaired) electrons. The third-order valence-corrected chi connectivity index (χ3v) is 3.56. The Morgan fingerprint density at radius 3 is 2.84 bits per heavy atom. The van der Waals surface area contributed by atoms with Crippen molar-refractivity contribution in [2.75, 3.05) is 29.9 Å². The third kappa shape index (κ3) is 3.93. The molecule has 1 N–H and O–H groups in total. The first-order valence-corrected chi connectivity index (χ1v) is 7.51. The third-order valence-electron chi connectivity index (χ3n) is 3.40. The van der Waals surface area contributed by atoms with Crippen LogP contribution < -0.4 is 10.2 Å². The summed E-state index contributed by atoms with van der Waals surface area (Å²) in [7, 11) is 0. The van der Waals surface area contributed by atoms with Crippen LogP contribution in [0, 0.1) is 5.92 Å². The largest absolute Gasteiger partial charge is 0.354 e. The molecule has 2 heterocycles. The Hall–Kier alpha value is -1.10. The Morgan fingerprint density at radius 1 is 1.26 bits per heavy atom. The van der Waals surface area contributed by atoms with Gasteiger partial charge in [-0.05, 0) is 36.8 Å². The van der Waals surface area contributed by atoms with Crippen LogP contribution in [0.5, 0.6) is 0 Å². The zero-order chi connectivity index (χ0) is 13.7. The average Bonchev–Trinajstić information content (AvgIpc) is 2.85. The van der Waals surface area contributed by atoms with Crippen LogP contribution >= 0.6 is 11.6 Å². The maximum atomic E-state index is 5.98. The van der Waals surface area contributed by atoms with Gasteiger partial charge >= 0.3 is 0 Å². The summed E-state index contributed by atoms with van der Waals surface area (Å²) in [6.07, 6.45) is 4.76. The van der Waals surface area contributed by atoms with Gasteiger partial charge < -0.3 is 10.2 Å². The number of halogens is 1. The van der Waals surface area contributed by atoms with E-state index in [9.17, 15) is 0 Å². The molecule has 0 saturated carbocycles. The van der Waals surface area contributed by atoms with E-state index in [1.807, 2.05) is 0 Å². The molecule has 0 spiro atoms. The van der Waals surface area contributed by atoms with E-state index < -0.39 is 0 Å². The van der Waals surface area contributed by atoms with Crippen molar-refractivity contribution in [1.82, 2.24) is 15.0 Å². The molecule has 1 fully saturated rings. The highest BCUT2D eigenvalue weighted by Crippen LogP contribution is 2.25. The molecule has 1 aromatic rings. The highest BCUT2D eigenvalue weighted by Gasteiger charge is 2.24. The molecule has 0 aromatic carbocycles. The van der Waals surface area contributed by atoms with Crippen molar-refractivity contribution < 1.29 is 0 Å². The molecule has 0 amide bonds. The average molecular weight is 284 g/mol. The zero-order valence-electron chi connectivity index (χ0n) is 11.7. The number of rotatable bonds is 6. The summed E-state index contributed by atoms with van der Waals surface area (Å²) in [5.74, 6) is 2.04. The lowest BCUT2D eigenvalue weighted by Gasteiger charge is -2.17. The Labute approximate surface area is 119 Å². The fraction of sp³-hybridized carbons (Fsp3) is 0.769. The summed E-state index contributed by atoms with van der Waals surface area (Å²) in [6.45, 7) is 7.22. The van der Waals surface area contributed by atoms with E-state index in [-0.39, 0.29) is 5.28 Å². The predicted molar refractivity (Wildman–Crippen MR) is 78.8 cm³/mol. The molecule has 106 valence electrons. The Kier molecular flexibility index (Phi) is 5.19. The minimum Gasteiger partial charge on any atom is -0.354 e. The van der Waals surface area contributed by atoms with Crippen LogP contribution in [0.25, 0.3) is 0 Å². The summed E-state index contributed by atoms with van der Waals surface area (Å²) in [4.78, 5) is 15.0. The lowest BCUT2D eigenvalue weighted by molar-refractivity contribution is 0.529. The Morgan fingerprint density at radius 2 is 2.11 bits per heavy atom. The van der Waals surface area contributed by atoms with Crippen molar-refractivity contribution in [3.63, 3.8) is 0 Å². The summed E-state index contributed by atoms with van der Waals surface area (Å²) in [6, 6.07) is 0. The van der Waals surface area contributed by atoms with E-state index in [0.29, 0.717) is 11.9 Å². The minimum absolute atomic E-state index is 0.266. The van der Waals surface area contributed by atoms with E-state index in [0.717, 1.165) is 32.0 Å². The smallest absolute Gasteiger partial charge is 0.231 e. The topological polar surface area (TPSA) is 53.9 Å². The molecule has 19 heavy (non-hydrogen) atoms. The lowest BCUT2D eigenvalue weighted by atomic mass is 10.0. The van der Waals surface area contributed by atoms with Crippen LogP contribution in [-0.4, -0.2) is 34.6 Å². The first-order valence-electron chi connectivity index (χ1n) is 7.13. The second-order valence-electron chi connectivity index (χ2n) is 5.04. The molecular weight excluding hydrogens is 262 g/mol. The number of hydrogen-bond donors (Lipinski definition) is 1. The molecular formula is C13H22ClN5. The van der Waals surface area contributed by atoms with E-state index in [1.165, 1.54) is 19.3 Å². The molecule has 1 unspecified atom stereocenters. The predicted octanol–water partition coefficient (Wildman–Crippen LogP) is 2.97. The highest BCUT2D eigenvalue weighted by atomic mass is 35.5. The van der Waals surface area contributed by atoms with Crippen LogP contribution in [-0.2, 0) is 0 Å². The van der Waals surface area contributed by atoms with Gasteiger partial charge in [-0.2, -0.15) is 15.0 Å². The molecule has 6 heteroatoms. The van der Waals surface area contributed by atoms with E-state index in [4.69, 9.17) is 11.6 Å². The fourth-order valence-electron chi connectivity index (χ4n) is 2.46. The summed E-state index contributed by atoms with van der Waals surface area (Å²) in [5.41, 5.74) is 0. The monoisotopic (exact) mass is 283 g/mol. The van der Waals surface area contributed by atoms with Gasteiger partial charge in [0.2, 0.25) is 17.2 Å². The van der Waals surface area contributed by atoms with Gasteiger partial charge in [-0.15, -0.1) is 0 Å². The van der Waals surface area contributed by atoms with Gasteiger partial charge in [0.05, 0.1) is 0 Å². The quantitative estimate of drug-likeness (QED) is 0.870. The molecule has 2 rings (SSSR count). The first-order chi connectivity index (χ1) is 9.22. The van der Waals surface area contributed by atoms with Crippen molar-refractivity contribution in [3.8, 4) is 0 Å². The molecule has 1 aliphatic rings. The van der Waals surface area contributed by atoms with Crippen LogP contribution in [0.3, 0.4) is 0 Å². The molecule has 0 aliphatic carbocycles. The maximum Gasteiger partial charge on any atom is 0.231 e. The van der Waals surface area contributed by atoms with Gasteiger partial charge in [-0.1, -0.05) is 20.3 Å². The molecule has 0 bridgehead atoms. The molecule has 5 nitrogen and oxygen atoms in total. The molecule has 1 saturated heterocycles. The van der Waals surface area contributed by atoms with Crippen molar-refractivity contribution >= 4 is 23.5 Å². The van der Waals surface area contributed by atoms with E-state index in [1.54, 1.807) is 0 Å². The van der Waals surface area contributed by atoms with Gasteiger partial charge in [0.25, 0.3) is 0 Å². The van der Waals surface area contributed by atoms with Crippen molar-refractivity contribution in [1.29, 1.82) is 0 Å². The van der Waals surface area contributed by atoms with Gasteiger partial charge in [-0.3, -0.25) is 0 Å². The number of aromatic nitrogens is 3. The van der Waals surface area contributed by atoms with Crippen molar-refractivity contribution in [2.24, 2.45) is 5.92 Å². The van der Waals surface area contributed by atoms with Crippen LogP contribution in [0.15, 0.2) is 0 Å². The highest BCUT2D eigenvalue weighted by molar-refractivity contribution is 6.28. The Balaban J connectivity index is 2.05. The second-order valence-corrected chi connectivity index (χ2v) is 5.38. The van der Waals surface area contributed by atoms with E-state index >= 15 is 0 Å². The lowest BCUT2D eigenvalue weighted by Crippen LogP contribution is -2.23. The number of anilines is 2.